The fourth-order valence-corrected chi connectivity index (χ4v) is 4.85. The Morgan fingerprint density at radius 3 is 2.62 bits per heavy atom. The number of aromatic nitrogens is 3. The predicted octanol–water partition coefficient (Wildman–Crippen LogP) is 2.90. The number of fused-ring (bicyclic) bond motifs is 1. The molecule has 0 unspecified atom stereocenters. The monoisotopic (exact) mass is 469 g/mol. The van der Waals surface area contributed by atoms with E-state index in [2.05, 4.69) is 25.6 Å². The van der Waals surface area contributed by atoms with Crippen LogP contribution in [-0.4, -0.2) is 61.4 Å². The van der Waals surface area contributed by atoms with Crippen LogP contribution in [0, 0.1) is 12.8 Å². The van der Waals surface area contributed by atoms with Crippen molar-refractivity contribution in [3.05, 3.63) is 30.0 Å². The minimum absolute atomic E-state index is 0.0429. The number of aliphatic hydroxyl groups is 3. The second-order valence-corrected chi connectivity index (χ2v) is 8.82. The highest BCUT2D eigenvalue weighted by molar-refractivity contribution is 7.21. The number of thiazole rings is 1. The van der Waals surface area contributed by atoms with Crippen LogP contribution in [0.2, 0.25) is 0 Å². The first-order valence-corrected chi connectivity index (χ1v) is 10.8. The smallest absolute Gasteiger partial charge is 0.396 e. The first-order chi connectivity index (χ1) is 15.1. The Morgan fingerprint density at radius 1 is 1.22 bits per heavy atom. The molecule has 1 aromatic carbocycles. The molecule has 3 atom stereocenters. The van der Waals surface area contributed by atoms with Crippen LogP contribution < -0.4 is 10.6 Å². The normalized spacial score (nSPS) is 23.6. The zero-order valence-electron chi connectivity index (χ0n) is 17.0. The summed E-state index contributed by atoms with van der Waals surface area (Å²) in [5, 5.41) is 36.4. The lowest BCUT2D eigenvalue weighted by atomic mass is 10.0. The van der Waals surface area contributed by atoms with Gasteiger partial charge in [-0.05, 0) is 31.9 Å². The highest BCUT2D eigenvalue weighted by atomic mass is 32.1. The summed E-state index contributed by atoms with van der Waals surface area (Å²) in [4.78, 5) is 12.9. The number of hydrogen-bond acceptors (Lipinski definition) is 9. The van der Waals surface area contributed by atoms with Gasteiger partial charge < -0.3 is 26.0 Å². The summed E-state index contributed by atoms with van der Waals surface area (Å²) in [6.07, 6.45) is -5.28. The van der Waals surface area contributed by atoms with Gasteiger partial charge in [0.1, 0.15) is 23.5 Å². The van der Waals surface area contributed by atoms with Gasteiger partial charge in [-0.25, -0.2) is 9.97 Å². The van der Waals surface area contributed by atoms with Crippen LogP contribution >= 0.6 is 11.3 Å². The molecule has 2 aromatic heterocycles. The molecule has 0 bridgehead atoms. The molecule has 0 aliphatic heterocycles. The lowest BCUT2D eigenvalue weighted by molar-refractivity contribution is -0.115. The van der Waals surface area contributed by atoms with Crippen molar-refractivity contribution < 1.29 is 28.5 Å². The van der Waals surface area contributed by atoms with Crippen molar-refractivity contribution in [1.82, 2.24) is 15.0 Å². The lowest BCUT2D eigenvalue weighted by Gasteiger charge is -2.31. The van der Waals surface area contributed by atoms with Gasteiger partial charge in [0.25, 0.3) is 0 Å². The van der Waals surface area contributed by atoms with E-state index >= 15 is 0 Å². The minimum Gasteiger partial charge on any atom is -0.396 e. The molecular weight excluding hydrogens is 447 g/mol. The predicted molar refractivity (Wildman–Crippen MR) is 114 cm³/mol. The van der Waals surface area contributed by atoms with Crippen molar-refractivity contribution in [2.45, 2.75) is 37.8 Å². The van der Waals surface area contributed by atoms with Crippen molar-refractivity contribution >= 4 is 33.3 Å². The number of aliphatic hydroxyl groups excluding tert-OH is 2. The van der Waals surface area contributed by atoms with Crippen LogP contribution in [-0.2, 0) is 0 Å². The quantitative estimate of drug-likeness (QED) is 0.349. The maximum absolute atomic E-state index is 12.7. The van der Waals surface area contributed by atoms with Crippen LogP contribution in [0.4, 0.5) is 24.9 Å². The van der Waals surface area contributed by atoms with Gasteiger partial charge in [0, 0.05) is 12.5 Å². The standard InChI is InChI=1S/C20H22F3N5O3S/c1-10-14(17-26-12-4-2-3-5-13(12)32-17)16(27-18(25-10)24-9-20(21,22)23)28-19(31)7-6-11(8-29)15(19)30/h2-5,11,15,29-31H,6-9H2,1H3,(H2,24,25,27,28)/t11-,15-,19+/m1/s1. The molecule has 1 aliphatic rings. The molecule has 0 spiro atoms. The molecule has 32 heavy (non-hydrogen) atoms. The van der Waals surface area contributed by atoms with Crippen molar-refractivity contribution in [1.29, 1.82) is 0 Å². The highest BCUT2D eigenvalue weighted by Gasteiger charge is 2.47. The van der Waals surface area contributed by atoms with Crippen LogP contribution in [0.15, 0.2) is 24.3 Å². The number of benzene rings is 1. The minimum atomic E-state index is -4.47. The molecule has 8 nitrogen and oxygen atoms in total. The maximum Gasteiger partial charge on any atom is 0.405 e. The second-order valence-electron chi connectivity index (χ2n) is 7.79. The molecule has 5 N–H and O–H groups in total. The van der Waals surface area contributed by atoms with Crippen LogP contribution in [0.5, 0.6) is 0 Å². The Bertz CT molecular complexity index is 1090. The van der Waals surface area contributed by atoms with E-state index in [0.717, 1.165) is 10.2 Å². The average Bonchev–Trinajstić information content (AvgIpc) is 3.26. The van der Waals surface area contributed by atoms with Gasteiger partial charge in [0.15, 0.2) is 5.72 Å². The fourth-order valence-electron chi connectivity index (χ4n) is 3.79. The topological polar surface area (TPSA) is 123 Å². The number of nitrogens with one attached hydrogen (secondary N) is 2. The number of rotatable bonds is 6. The van der Waals surface area contributed by atoms with Gasteiger partial charge in [0.05, 0.1) is 21.5 Å². The van der Waals surface area contributed by atoms with Crippen molar-refractivity contribution in [3.63, 3.8) is 0 Å². The number of para-hydroxylation sites is 1. The largest absolute Gasteiger partial charge is 0.405 e. The third-order valence-corrected chi connectivity index (χ3v) is 6.50. The fraction of sp³-hybridized carbons (Fsp3) is 0.450. The summed E-state index contributed by atoms with van der Waals surface area (Å²) in [6.45, 7) is -0.0262. The van der Waals surface area contributed by atoms with Crippen molar-refractivity contribution in [2.75, 3.05) is 23.8 Å². The molecule has 3 aromatic rings. The Kier molecular flexibility index (Phi) is 5.96. The lowest BCUT2D eigenvalue weighted by Crippen LogP contribution is -2.48. The van der Waals surface area contributed by atoms with E-state index in [-0.39, 0.29) is 24.8 Å². The summed E-state index contributed by atoms with van der Waals surface area (Å²) < 4.78 is 39.0. The van der Waals surface area contributed by atoms with E-state index in [0.29, 0.717) is 22.7 Å². The van der Waals surface area contributed by atoms with E-state index in [1.165, 1.54) is 11.3 Å². The molecule has 1 saturated carbocycles. The SMILES string of the molecule is Cc1nc(NCC(F)(F)F)nc(N[C@]2(O)CC[C@H](CO)[C@H]2O)c1-c1nc2ccccc2s1. The van der Waals surface area contributed by atoms with E-state index in [1.807, 2.05) is 24.3 Å². The first kappa shape index (κ1) is 22.6. The molecule has 4 rings (SSSR count). The van der Waals surface area contributed by atoms with Crippen molar-refractivity contribution in [2.24, 2.45) is 5.92 Å². The second kappa shape index (κ2) is 8.43. The van der Waals surface area contributed by atoms with Gasteiger partial charge in [0.2, 0.25) is 5.95 Å². The highest BCUT2D eigenvalue weighted by Crippen LogP contribution is 2.40. The van der Waals surface area contributed by atoms with Crippen LogP contribution in [0.25, 0.3) is 20.8 Å². The summed E-state index contributed by atoms with van der Waals surface area (Å²) in [7, 11) is 0. The van der Waals surface area contributed by atoms with E-state index in [9.17, 15) is 28.5 Å². The zero-order valence-corrected chi connectivity index (χ0v) is 17.8. The van der Waals surface area contributed by atoms with Crippen LogP contribution in [0.3, 0.4) is 0 Å². The summed E-state index contributed by atoms with van der Waals surface area (Å²) in [5.74, 6) is -0.771. The molecular formula is C20H22F3N5O3S. The van der Waals surface area contributed by atoms with E-state index in [1.54, 1.807) is 6.92 Å². The van der Waals surface area contributed by atoms with Crippen LogP contribution in [0.1, 0.15) is 18.5 Å². The molecule has 0 saturated heterocycles. The zero-order chi connectivity index (χ0) is 23.1. The molecule has 172 valence electrons. The summed E-state index contributed by atoms with van der Waals surface area (Å²) in [6, 6.07) is 7.42. The third kappa shape index (κ3) is 4.49. The average molecular weight is 469 g/mol. The van der Waals surface area contributed by atoms with Gasteiger partial charge in [-0.15, -0.1) is 11.3 Å². The number of aryl methyl sites for hydroxylation is 1. The van der Waals surface area contributed by atoms with Gasteiger partial charge in [-0.2, -0.15) is 18.2 Å². The Labute approximate surface area is 185 Å². The number of alkyl halides is 3. The van der Waals surface area contributed by atoms with E-state index in [4.69, 9.17) is 0 Å². The first-order valence-electron chi connectivity index (χ1n) is 9.94. The van der Waals surface area contributed by atoms with Gasteiger partial charge in [-0.3, -0.25) is 0 Å². The summed E-state index contributed by atoms with van der Waals surface area (Å²) in [5.41, 5.74) is -0.323. The Hall–Kier alpha value is -2.54. The molecule has 1 fully saturated rings. The number of anilines is 2. The van der Waals surface area contributed by atoms with Gasteiger partial charge >= 0.3 is 6.18 Å². The van der Waals surface area contributed by atoms with E-state index < -0.39 is 30.5 Å². The maximum atomic E-state index is 12.7. The molecule has 0 radical (unpaired) electrons. The summed E-state index contributed by atoms with van der Waals surface area (Å²) >= 11 is 1.35. The Balaban J connectivity index is 1.77. The van der Waals surface area contributed by atoms with Crippen molar-refractivity contribution in [3.8, 4) is 10.6 Å². The number of halogens is 3. The number of hydrogen-bond donors (Lipinski definition) is 5. The molecule has 2 heterocycles. The molecule has 0 amide bonds. The molecule has 1 aliphatic carbocycles. The number of nitrogens with zero attached hydrogens (tertiary/aromatic N) is 3. The Morgan fingerprint density at radius 2 is 1.97 bits per heavy atom. The molecule has 12 heteroatoms. The van der Waals surface area contributed by atoms with Gasteiger partial charge in [-0.1, -0.05) is 12.1 Å². The third-order valence-electron chi connectivity index (χ3n) is 5.45.